The van der Waals surface area contributed by atoms with Crippen LogP contribution >= 0.6 is 0 Å². The van der Waals surface area contributed by atoms with E-state index in [1.165, 1.54) is 4.90 Å². The fourth-order valence-electron chi connectivity index (χ4n) is 4.35. The van der Waals surface area contributed by atoms with E-state index < -0.39 is 47.6 Å². The van der Waals surface area contributed by atoms with Gasteiger partial charge >= 0.3 is 12.1 Å². The summed E-state index contributed by atoms with van der Waals surface area (Å²) < 4.78 is 10.4. The number of ether oxygens (including phenoxy) is 2. The van der Waals surface area contributed by atoms with Crippen molar-refractivity contribution >= 4 is 23.9 Å². The van der Waals surface area contributed by atoms with Gasteiger partial charge in [0.2, 0.25) is 11.8 Å². The van der Waals surface area contributed by atoms with Crippen molar-refractivity contribution in [1.29, 1.82) is 0 Å². The molecule has 0 fully saturated rings. The van der Waals surface area contributed by atoms with E-state index in [9.17, 15) is 19.2 Å². The van der Waals surface area contributed by atoms with E-state index in [-0.39, 0.29) is 26.0 Å². The highest BCUT2D eigenvalue weighted by atomic mass is 16.6. The third-order valence-electron chi connectivity index (χ3n) is 6.25. The van der Waals surface area contributed by atoms with Crippen LogP contribution in [0.3, 0.4) is 0 Å². The molecule has 0 heterocycles. The van der Waals surface area contributed by atoms with Crippen molar-refractivity contribution in [1.82, 2.24) is 15.5 Å². The molecule has 2 aromatic carbocycles. The SMILES string of the molecule is CCOC(=O)CCNC(=O)C(c1ccc(CC)cc1)N(C(=O)C(Cc1ccccc1)NC(=O)OC(C)(C)C)C(C)C. The molecule has 0 saturated carbocycles. The second-order valence-corrected chi connectivity index (χ2v) is 11.1. The lowest BCUT2D eigenvalue weighted by molar-refractivity contribution is -0.145. The van der Waals surface area contributed by atoms with Gasteiger partial charge in [0.1, 0.15) is 17.7 Å². The van der Waals surface area contributed by atoms with E-state index in [0.29, 0.717) is 5.56 Å². The summed E-state index contributed by atoms with van der Waals surface area (Å²) in [5, 5.41) is 5.55. The van der Waals surface area contributed by atoms with Crippen molar-refractivity contribution < 1.29 is 28.7 Å². The highest BCUT2D eigenvalue weighted by Crippen LogP contribution is 2.26. The molecule has 41 heavy (non-hydrogen) atoms. The molecule has 2 unspecified atom stereocenters. The minimum atomic E-state index is -1.01. The van der Waals surface area contributed by atoms with Crippen LogP contribution in [0, 0.1) is 0 Å². The van der Waals surface area contributed by atoms with Gasteiger partial charge in [0, 0.05) is 19.0 Å². The summed E-state index contributed by atoms with van der Waals surface area (Å²) in [7, 11) is 0. The molecule has 0 aromatic heterocycles. The molecule has 0 saturated heterocycles. The van der Waals surface area contributed by atoms with Gasteiger partial charge in [-0.3, -0.25) is 14.4 Å². The summed E-state index contributed by atoms with van der Waals surface area (Å²) in [5.41, 5.74) is 1.79. The average Bonchev–Trinajstić information content (AvgIpc) is 2.90. The molecular formula is C32H45N3O6. The second-order valence-electron chi connectivity index (χ2n) is 11.1. The number of esters is 1. The second kappa shape index (κ2) is 15.8. The molecule has 0 aliphatic carbocycles. The standard InChI is InChI=1S/C32H45N3O6/c1-8-23-15-17-25(18-16-23)28(29(37)33-20-19-27(36)40-9-2)35(22(3)4)30(38)26(21-24-13-11-10-12-14-24)34-31(39)41-32(5,6)7/h10-18,22,26,28H,8-9,19-21H2,1-7H3,(H,33,37)(H,34,39). The van der Waals surface area contributed by atoms with Gasteiger partial charge in [0.25, 0.3) is 0 Å². The van der Waals surface area contributed by atoms with E-state index >= 15 is 0 Å². The number of amides is 3. The fourth-order valence-corrected chi connectivity index (χ4v) is 4.35. The molecule has 9 heteroatoms. The monoisotopic (exact) mass is 567 g/mol. The maximum atomic E-state index is 14.3. The number of hydrogen-bond donors (Lipinski definition) is 2. The zero-order chi connectivity index (χ0) is 30.6. The molecule has 2 rings (SSSR count). The number of carbonyl (C=O) groups excluding carboxylic acids is 4. The van der Waals surface area contributed by atoms with Gasteiger partial charge in [0.05, 0.1) is 13.0 Å². The fraction of sp³-hybridized carbons (Fsp3) is 0.500. The van der Waals surface area contributed by atoms with Crippen molar-refractivity contribution in [2.45, 2.75) is 91.5 Å². The first-order chi connectivity index (χ1) is 19.4. The Hall–Kier alpha value is -3.88. The number of hydrogen-bond acceptors (Lipinski definition) is 6. The molecule has 0 radical (unpaired) electrons. The number of nitrogens with one attached hydrogen (secondary N) is 2. The quantitative estimate of drug-likeness (QED) is 0.338. The zero-order valence-corrected chi connectivity index (χ0v) is 25.4. The lowest BCUT2D eigenvalue weighted by Crippen LogP contribution is -2.55. The minimum absolute atomic E-state index is 0.00747. The topological polar surface area (TPSA) is 114 Å². The number of benzene rings is 2. The molecule has 0 bridgehead atoms. The van der Waals surface area contributed by atoms with Crippen molar-refractivity contribution in [3.05, 3.63) is 71.3 Å². The van der Waals surface area contributed by atoms with Crippen LogP contribution in [-0.4, -0.2) is 59.6 Å². The van der Waals surface area contributed by atoms with E-state index in [1.54, 1.807) is 27.7 Å². The Bertz CT molecular complexity index is 1140. The Morgan fingerprint density at radius 3 is 2.07 bits per heavy atom. The van der Waals surface area contributed by atoms with Crippen LogP contribution in [0.1, 0.15) is 77.6 Å². The predicted molar refractivity (Wildman–Crippen MR) is 158 cm³/mol. The van der Waals surface area contributed by atoms with Crippen LogP contribution in [0.25, 0.3) is 0 Å². The minimum Gasteiger partial charge on any atom is -0.466 e. The van der Waals surface area contributed by atoms with Gasteiger partial charge in [-0.15, -0.1) is 0 Å². The van der Waals surface area contributed by atoms with E-state index in [0.717, 1.165) is 17.5 Å². The van der Waals surface area contributed by atoms with Crippen LogP contribution in [0.15, 0.2) is 54.6 Å². The summed E-state index contributed by atoms with van der Waals surface area (Å²) >= 11 is 0. The molecule has 224 valence electrons. The molecular weight excluding hydrogens is 522 g/mol. The van der Waals surface area contributed by atoms with Crippen LogP contribution in [0.2, 0.25) is 0 Å². The molecule has 0 spiro atoms. The van der Waals surface area contributed by atoms with E-state index in [4.69, 9.17) is 9.47 Å². The van der Waals surface area contributed by atoms with Crippen LogP contribution in [0.4, 0.5) is 4.79 Å². The first kappa shape index (κ1) is 33.3. The summed E-state index contributed by atoms with van der Waals surface area (Å²) in [6.07, 6.45) is 0.308. The smallest absolute Gasteiger partial charge is 0.408 e. The number of carbonyl (C=O) groups is 4. The first-order valence-electron chi connectivity index (χ1n) is 14.2. The Morgan fingerprint density at radius 1 is 0.902 bits per heavy atom. The molecule has 2 aromatic rings. The Morgan fingerprint density at radius 2 is 1.54 bits per heavy atom. The number of nitrogens with zero attached hydrogens (tertiary/aromatic N) is 1. The van der Waals surface area contributed by atoms with Crippen molar-refractivity contribution in [3.63, 3.8) is 0 Å². The summed E-state index contributed by atoms with van der Waals surface area (Å²) in [5.74, 6) is -1.28. The first-order valence-corrected chi connectivity index (χ1v) is 14.2. The number of aryl methyl sites for hydroxylation is 1. The molecule has 0 aliphatic rings. The van der Waals surface area contributed by atoms with Crippen molar-refractivity contribution in [2.75, 3.05) is 13.2 Å². The van der Waals surface area contributed by atoms with Gasteiger partial charge < -0.3 is 25.0 Å². The predicted octanol–water partition coefficient (Wildman–Crippen LogP) is 4.73. The summed E-state index contributed by atoms with van der Waals surface area (Å²) in [4.78, 5) is 54.2. The maximum absolute atomic E-state index is 14.3. The van der Waals surface area contributed by atoms with Crippen molar-refractivity contribution in [2.24, 2.45) is 0 Å². The van der Waals surface area contributed by atoms with Crippen LogP contribution in [0.5, 0.6) is 0 Å². The van der Waals surface area contributed by atoms with Crippen molar-refractivity contribution in [3.8, 4) is 0 Å². The number of rotatable bonds is 13. The Balaban J connectivity index is 2.47. The summed E-state index contributed by atoms with van der Waals surface area (Å²) in [6, 6.07) is 14.5. The molecule has 3 amide bonds. The normalized spacial score (nSPS) is 12.7. The lowest BCUT2D eigenvalue weighted by Gasteiger charge is -2.37. The van der Waals surface area contributed by atoms with Crippen LogP contribution in [-0.2, 0) is 36.7 Å². The van der Waals surface area contributed by atoms with Gasteiger partial charge in [-0.25, -0.2) is 4.79 Å². The van der Waals surface area contributed by atoms with E-state index in [1.807, 2.05) is 75.4 Å². The van der Waals surface area contributed by atoms with E-state index in [2.05, 4.69) is 10.6 Å². The molecule has 0 aliphatic heterocycles. The molecule has 9 nitrogen and oxygen atoms in total. The highest BCUT2D eigenvalue weighted by Gasteiger charge is 2.38. The Kier molecular flexibility index (Phi) is 12.8. The third kappa shape index (κ3) is 10.9. The Labute approximate surface area is 244 Å². The highest BCUT2D eigenvalue weighted by molar-refractivity contribution is 5.92. The maximum Gasteiger partial charge on any atom is 0.408 e. The van der Waals surface area contributed by atoms with Crippen LogP contribution < -0.4 is 10.6 Å². The zero-order valence-electron chi connectivity index (χ0n) is 25.4. The molecule has 2 N–H and O–H groups in total. The summed E-state index contributed by atoms with van der Waals surface area (Å²) in [6.45, 7) is 13.0. The number of alkyl carbamates (subject to hydrolysis) is 1. The lowest BCUT2D eigenvalue weighted by atomic mass is 9.97. The van der Waals surface area contributed by atoms with Gasteiger partial charge in [-0.2, -0.15) is 0 Å². The molecule has 2 atom stereocenters. The average molecular weight is 568 g/mol. The van der Waals surface area contributed by atoms with Gasteiger partial charge in [-0.05, 0) is 64.7 Å². The van der Waals surface area contributed by atoms with Gasteiger partial charge in [0.15, 0.2) is 0 Å². The van der Waals surface area contributed by atoms with Gasteiger partial charge in [-0.1, -0.05) is 61.5 Å². The largest absolute Gasteiger partial charge is 0.466 e. The third-order valence-corrected chi connectivity index (χ3v) is 6.25.